The van der Waals surface area contributed by atoms with Gasteiger partial charge in [0.25, 0.3) is 0 Å². The molecular formula is C11H18N4O2S. The van der Waals surface area contributed by atoms with Gasteiger partial charge in [0.15, 0.2) is 9.84 Å². The summed E-state index contributed by atoms with van der Waals surface area (Å²) in [7, 11) is -1.03. The van der Waals surface area contributed by atoms with E-state index in [9.17, 15) is 8.42 Å². The van der Waals surface area contributed by atoms with Gasteiger partial charge in [-0.15, -0.1) is 0 Å². The zero-order valence-corrected chi connectivity index (χ0v) is 11.4. The normalized spacial score (nSPS) is 22.0. The largest absolute Gasteiger partial charge is 0.383 e. The predicted molar refractivity (Wildman–Crippen MR) is 71.3 cm³/mol. The fourth-order valence-electron chi connectivity index (χ4n) is 2.31. The molecule has 2 rings (SSSR count). The van der Waals surface area contributed by atoms with Gasteiger partial charge in [0, 0.05) is 18.7 Å². The molecule has 7 heteroatoms. The van der Waals surface area contributed by atoms with Gasteiger partial charge in [-0.05, 0) is 12.8 Å². The molecule has 0 radical (unpaired) electrons. The molecule has 18 heavy (non-hydrogen) atoms. The lowest BCUT2D eigenvalue weighted by Gasteiger charge is -2.26. The average molecular weight is 270 g/mol. The molecule has 0 aromatic carbocycles. The average Bonchev–Trinajstić information content (AvgIpc) is 2.68. The van der Waals surface area contributed by atoms with Crippen molar-refractivity contribution in [2.45, 2.75) is 25.8 Å². The van der Waals surface area contributed by atoms with Crippen LogP contribution in [-0.4, -0.2) is 43.0 Å². The van der Waals surface area contributed by atoms with E-state index in [-0.39, 0.29) is 17.5 Å². The number of sulfone groups is 1. The summed E-state index contributed by atoms with van der Waals surface area (Å²) in [5, 5.41) is 0. The first-order valence-electron chi connectivity index (χ1n) is 5.97. The second-order valence-electron chi connectivity index (χ2n) is 4.58. The molecule has 1 fully saturated rings. The zero-order valence-electron chi connectivity index (χ0n) is 10.6. The number of hydrogen-bond donors (Lipinski definition) is 1. The fraction of sp³-hybridized carbons (Fsp3) is 0.636. The van der Waals surface area contributed by atoms with E-state index in [0.29, 0.717) is 12.2 Å². The summed E-state index contributed by atoms with van der Waals surface area (Å²) in [6.07, 6.45) is 2.79. The Hall–Kier alpha value is -1.37. The van der Waals surface area contributed by atoms with Crippen LogP contribution in [0.3, 0.4) is 0 Å². The lowest BCUT2D eigenvalue weighted by molar-refractivity contribution is 0.600. The van der Waals surface area contributed by atoms with Crippen LogP contribution in [0.15, 0.2) is 6.33 Å². The fourth-order valence-corrected chi connectivity index (χ4v) is 4.09. The molecule has 0 saturated carbocycles. The number of aromatic nitrogens is 2. The van der Waals surface area contributed by atoms with Gasteiger partial charge in [-0.2, -0.15) is 0 Å². The van der Waals surface area contributed by atoms with E-state index in [1.165, 1.54) is 6.33 Å². The van der Waals surface area contributed by atoms with Gasteiger partial charge in [-0.1, -0.05) is 6.92 Å². The molecular weight excluding hydrogens is 252 g/mol. The maximum atomic E-state index is 11.5. The molecule has 1 saturated heterocycles. The molecule has 0 bridgehead atoms. The van der Waals surface area contributed by atoms with Crippen LogP contribution in [0.4, 0.5) is 11.6 Å². The van der Waals surface area contributed by atoms with Gasteiger partial charge in [0.2, 0.25) is 0 Å². The molecule has 100 valence electrons. The Balaban J connectivity index is 2.29. The third-order valence-corrected chi connectivity index (χ3v) is 5.15. The van der Waals surface area contributed by atoms with Crippen molar-refractivity contribution in [3.05, 3.63) is 11.9 Å². The van der Waals surface area contributed by atoms with Crippen LogP contribution >= 0.6 is 0 Å². The van der Waals surface area contributed by atoms with Gasteiger partial charge in [-0.3, -0.25) is 0 Å². The number of hydrogen-bond acceptors (Lipinski definition) is 6. The first kappa shape index (κ1) is 13.1. The Bertz CT molecular complexity index is 544. The van der Waals surface area contributed by atoms with Crippen LogP contribution in [0, 0.1) is 0 Å². The Morgan fingerprint density at radius 2 is 2.22 bits per heavy atom. The molecule has 2 N–H and O–H groups in total. The van der Waals surface area contributed by atoms with E-state index in [1.54, 1.807) is 0 Å². The monoisotopic (exact) mass is 270 g/mol. The van der Waals surface area contributed by atoms with E-state index in [4.69, 9.17) is 5.73 Å². The number of anilines is 2. The second-order valence-corrected chi connectivity index (χ2v) is 6.81. The van der Waals surface area contributed by atoms with E-state index >= 15 is 0 Å². The first-order chi connectivity index (χ1) is 8.44. The third-order valence-electron chi connectivity index (χ3n) is 3.40. The first-order valence-corrected chi connectivity index (χ1v) is 7.79. The Labute approximate surface area is 107 Å². The molecule has 0 aliphatic carbocycles. The smallest absolute Gasteiger partial charge is 0.152 e. The summed E-state index contributed by atoms with van der Waals surface area (Å²) in [6, 6.07) is -0.0189. The van der Waals surface area contributed by atoms with Crippen molar-refractivity contribution < 1.29 is 8.42 Å². The highest BCUT2D eigenvalue weighted by Gasteiger charge is 2.32. The maximum Gasteiger partial charge on any atom is 0.152 e. The van der Waals surface area contributed by atoms with Gasteiger partial charge in [0.1, 0.15) is 18.0 Å². The molecule has 1 aromatic heterocycles. The van der Waals surface area contributed by atoms with Crippen LogP contribution < -0.4 is 10.6 Å². The summed E-state index contributed by atoms with van der Waals surface area (Å²) in [4.78, 5) is 10.1. The minimum Gasteiger partial charge on any atom is -0.383 e. The topological polar surface area (TPSA) is 89.2 Å². The summed E-state index contributed by atoms with van der Waals surface area (Å²) >= 11 is 0. The standard InChI is InChI=1S/C11H18N4O2S/c1-3-9-10(12)13-7-14-11(9)15(2)8-4-5-18(16,17)6-8/h7-8H,3-6H2,1-2H3,(H2,12,13,14). The lowest BCUT2D eigenvalue weighted by Crippen LogP contribution is -2.34. The minimum absolute atomic E-state index is 0.0189. The number of nitrogens with zero attached hydrogens (tertiary/aromatic N) is 3. The maximum absolute atomic E-state index is 11.5. The van der Waals surface area contributed by atoms with Gasteiger partial charge < -0.3 is 10.6 Å². The predicted octanol–water partition coefficient (Wildman–Crippen LogP) is 0.244. The van der Waals surface area contributed by atoms with Crippen LogP contribution in [0.1, 0.15) is 18.9 Å². The van der Waals surface area contributed by atoms with Crippen molar-refractivity contribution in [3.63, 3.8) is 0 Å². The van der Waals surface area contributed by atoms with Crippen molar-refractivity contribution >= 4 is 21.5 Å². The highest BCUT2D eigenvalue weighted by molar-refractivity contribution is 7.91. The Kier molecular flexibility index (Phi) is 3.43. The molecule has 1 atom stereocenters. The van der Waals surface area contributed by atoms with E-state index < -0.39 is 9.84 Å². The summed E-state index contributed by atoms with van der Waals surface area (Å²) < 4.78 is 23.0. The minimum atomic E-state index is -2.89. The molecule has 0 spiro atoms. The quantitative estimate of drug-likeness (QED) is 0.846. The molecule has 6 nitrogen and oxygen atoms in total. The summed E-state index contributed by atoms with van der Waals surface area (Å²) in [5.74, 6) is 1.66. The molecule has 1 aromatic rings. The SMILES string of the molecule is CCc1c(N)ncnc1N(C)C1CCS(=O)(=O)C1. The number of nitrogens with two attached hydrogens (primary N) is 1. The molecule has 1 aliphatic rings. The Morgan fingerprint density at radius 1 is 1.50 bits per heavy atom. The van der Waals surface area contributed by atoms with Crippen LogP contribution in [0.2, 0.25) is 0 Å². The van der Waals surface area contributed by atoms with Gasteiger partial charge in [-0.25, -0.2) is 18.4 Å². The van der Waals surface area contributed by atoms with Crippen LogP contribution in [-0.2, 0) is 16.3 Å². The highest BCUT2D eigenvalue weighted by Crippen LogP contribution is 2.26. The lowest BCUT2D eigenvalue weighted by atomic mass is 10.1. The molecule has 2 heterocycles. The zero-order chi connectivity index (χ0) is 13.3. The van der Waals surface area contributed by atoms with Crippen LogP contribution in [0.25, 0.3) is 0 Å². The van der Waals surface area contributed by atoms with E-state index in [2.05, 4.69) is 9.97 Å². The van der Waals surface area contributed by atoms with E-state index in [0.717, 1.165) is 17.8 Å². The number of rotatable bonds is 3. The molecule has 0 amide bonds. The third kappa shape index (κ3) is 2.40. The van der Waals surface area contributed by atoms with Crippen molar-refractivity contribution in [2.24, 2.45) is 0 Å². The molecule has 1 unspecified atom stereocenters. The van der Waals surface area contributed by atoms with Crippen molar-refractivity contribution in [3.8, 4) is 0 Å². The van der Waals surface area contributed by atoms with Crippen molar-refractivity contribution in [1.29, 1.82) is 0 Å². The van der Waals surface area contributed by atoms with Crippen molar-refractivity contribution in [2.75, 3.05) is 29.2 Å². The van der Waals surface area contributed by atoms with E-state index in [1.807, 2.05) is 18.9 Å². The van der Waals surface area contributed by atoms with Gasteiger partial charge >= 0.3 is 0 Å². The van der Waals surface area contributed by atoms with Crippen molar-refractivity contribution in [1.82, 2.24) is 9.97 Å². The van der Waals surface area contributed by atoms with Crippen LogP contribution in [0.5, 0.6) is 0 Å². The Morgan fingerprint density at radius 3 is 2.78 bits per heavy atom. The molecule has 1 aliphatic heterocycles. The highest BCUT2D eigenvalue weighted by atomic mass is 32.2. The number of nitrogen functional groups attached to an aromatic ring is 1. The summed E-state index contributed by atoms with van der Waals surface area (Å²) in [6.45, 7) is 1.98. The summed E-state index contributed by atoms with van der Waals surface area (Å²) in [5.41, 5.74) is 6.70. The van der Waals surface area contributed by atoms with Gasteiger partial charge in [0.05, 0.1) is 11.5 Å². The second kappa shape index (κ2) is 4.72.